The van der Waals surface area contributed by atoms with Crippen LogP contribution >= 0.6 is 0 Å². The number of hydrogen-bond acceptors (Lipinski definition) is 5. The predicted octanol–water partition coefficient (Wildman–Crippen LogP) is 1.43. The summed E-state index contributed by atoms with van der Waals surface area (Å²) in [5.41, 5.74) is 5.02. The third-order valence-electron chi connectivity index (χ3n) is 4.26. The molecule has 0 bridgehead atoms. The molecule has 0 fully saturated rings. The first kappa shape index (κ1) is 20.0. The molecule has 2 aromatic carbocycles. The van der Waals surface area contributed by atoms with Crippen molar-refractivity contribution in [2.75, 3.05) is 6.54 Å². The number of carbonyl (C=O) groups excluding carboxylic acids is 4. The van der Waals surface area contributed by atoms with Gasteiger partial charge in [-0.15, -0.1) is 0 Å². The Morgan fingerprint density at radius 1 is 1.00 bits per heavy atom. The smallest absolute Gasteiger partial charge is 0.279 e. The molecule has 3 rings (SSSR count). The molecule has 1 aliphatic rings. The van der Waals surface area contributed by atoms with Crippen molar-refractivity contribution in [3.63, 3.8) is 0 Å². The number of hydrogen-bond donors (Lipinski definition) is 2. The van der Waals surface area contributed by atoms with Crippen molar-refractivity contribution in [2.24, 2.45) is 0 Å². The van der Waals surface area contributed by atoms with Crippen LogP contribution in [0.15, 0.2) is 48.5 Å². The standard InChI is InChI=1S/C20H18FN3O5/c1-12(29-14-8-6-13(21)7-9-14)18(26)23-22-17(25)10-11-24-19(27)15-4-2-3-5-16(15)20(24)28/h2-9,12H,10-11H2,1H3,(H,22,25)(H,23,26)/t12-/m1/s1. The van der Waals surface area contributed by atoms with Crippen LogP contribution in [0.2, 0.25) is 0 Å². The number of fused-ring (bicyclic) bond motifs is 1. The Kier molecular flexibility index (Phi) is 5.87. The van der Waals surface area contributed by atoms with Crippen molar-refractivity contribution >= 4 is 23.6 Å². The van der Waals surface area contributed by atoms with E-state index in [2.05, 4.69) is 10.9 Å². The average molecular weight is 399 g/mol. The van der Waals surface area contributed by atoms with Gasteiger partial charge in [-0.25, -0.2) is 4.39 Å². The highest BCUT2D eigenvalue weighted by molar-refractivity contribution is 6.21. The second kappa shape index (κ2) is 8.51. The van der Waals surface area contributed by atoms with E-state index in [0.29, 0.717) is 16.9 Å². The molecular formula is C20H18FN3O5. The normalized spacial score (nSPS) is 13.7. The Labute approximate surface area is 165 Å². The van der Waals surface area contributed by atoms with Gasteiger partial charge < -0.3 is 4.74 Å². The molecule has 29 heavy (non-hydrogen) atoms. The van der Waals surface area contributed by atoms with Gasteiger partial charge in [0.15, 0.2) is 6.10 Å². The highest BCUT2D eigenvalue weighted by atomic mass is 19.1. The van der Waals surface area contributed by atoms with Gasteiger partial charge in [-0.2, -0.15) is 0 Å². The van der Waals surface area contributed by atoms with Gasteiger partial charge in [0.05, 0.1) is 11.1 Å². The molecular weight excluding hydrogens is 381 g/mol. The highest BCUT2D eigenvalue weighted by Gasteiger charge is 2.35. The summed E-state index contributed by atoms with van der Waals surface area (Å²) in [7, 11) is 0. The maximum absolute atomic E-state index is 12.9. The fourth-order valence-corrected chi connectivity index (χ4v) is 2.72. The van der Waals surface area contributed by atoms with Crippen molar-refractivity contribution < 1.29 is 28.3 Å². The zero-order valence-corrected chi connectivity index (χ0v) is 15.5. The predicted molar refractivity (Wildman–Crippen MR) is 99.2 cm³/mol. The summed E-state index contributed by atoms with van der Waals surface area (Å²) in [6.07, 6.45) is -1.13. The minimum atomic E-state index is -0.947. The summed E-state index contributed by atoms with van der Waals surface area (Å²) in [5, 5.41) is 0. The third kappa shape index (κ3) is 4.57. The minimum absolute atomic E-state index is 0.115. The van der Waals surface area contributed by atoms with Crippen LogP contribution in [0.1, 0.15) is 34.1 Å². The SMILES string of the molecule is C[C@@H](Oc1ccc(F)cc1)C(=O)NNC(=O)CCN1C(=O)c2ccccc2C1=O. The summed E-state index contributed by atoms with van der Waals surface area (Å²) in [4.78, 5) is 49.4. The molecule has 0 unspecified atom stereocenters. The largest absolute Gasteiger partial charge is 0.481 e. The lowest BCUT2D eigenvalue weighted by Gasteiger charge is -2.16. The monoisotopic (exact) mass is 399 g/mol. The number of ether oxygens (including phenoxy) is 1. The van der Waals surface area contributed by atoms with Crippen molar-refractivity contribution in [3.05, 3.63) is 65.5 Å². The van der Waals surface area contributed by atoms with E-state index in [0.717, 1.165) is 4.90 Å². The molecule has 0 saturated carbocycles. The van der Waals surface area contributed by atoms with Crippen LogP contribution in [0.25, 0.3) is 0 Å². The van der Waals surface area contributed by atoms with Gasteiger partial charge in [0.25, 0.3) is 17.7 Å². The van der Waals surface area contributed by atoms with E-state index in [1.807, 2.05) is 0 Å². The number of halogens is 1. The fourth-order valence-electron chi connectivity index (χ4n) is 2.72. The molecule has 1 heterocycles. The molecule has 0 aliphatic carbocycles. The summed E-state index contributed by atoms with van der Waals surface area (Å²) < 4.78 is 18.2. The van der Waals surface area contributed by atoms with E-state index in [9.17, 15) is 23.6 Å². The van der Waals surface area contributed by atoms with Gasteiger partial charge in [0.2, 0.25) is 5.91 Å². The molecule has 8 nitrogen and oxygen atoms in total. The first-order chi connectivity index (χ1) is 13.9. The van der Waals surface area contributed by atoms with Crippen LogP contribution < -0.4 is 15.6 Å². The van der Waals surface area contributed by atoms with Crippen molar-refractivity contribution in [2.45, 2.75) is 19.4 Å². The number of benzene rings is 2. The number of nitrogens with zero attached hydrogens (tertiary/aromatic N) is 1. The van der Waals surface area contributed by atoms with Gasteiger partial charge in [-0.1, -0.05) is 12.1 Å². The molecule has 2 aromatic rings. The van der Waals surface area contributed by atoms with Gasteiger partial charge in [0.1, 0.15) is 11.6 Å². The van der Waals surface area contributed by atoms with Crippen molar-refractivity contribution in [1.29, 1.82) is 0 Å². The Morgan fingerprint density at radius 3 is 2.17 bits per heavy atom. The van der Waals surface area contributed by atoms with E-state index in [4.69, 9.17) is 4.74 Å². The molecule has 0 radical (unpaired) electrons. The summed E-state index contributed by atoms with van der Waals surface area (Å²) in [6.45, 7) is 1.35. The number of carbonyl (C=O) groups is 4. The number of nitrogens with one attached hydrogen (secondary N) is 2. The molecule has 9 heteroatoms. The van der Waals surface area contributed by atoms with Crippen LogP contribution in [-0.2, 0) is 9.59 Å². The third-order valence-corrected chi connectivity index (χ3v) is 4.26. The van der Waals surface area contributed by atoms with E-state index in [1.54, 1.807) is 24.3 Å². The quantitative estimate of drug-likeness (QED) is 0.565. The zero-order chi connectivity index (χ0) is 21.0. The summed E-state index contributed by atoms with van der Waals surface area (Å²) in [5.74, 6) is -2.24. The Balaban J connectivity index is 1.44. The van der Waals surface area contributed by atoms with Crippen LogP contribution in [0.3, 0.4) is 0 Å². The fraction of sp³-hybridized carbons (Fsp3) is 0.200. The Morgan fingerprint density at radius 2 is 1.59 bits per heavy atom. The summed E-state index contributed by atoms with van der Waals surface area (Å²) >= 11 is 0. The minimum Gasteiger partial charge on any atom is -0.481 e. The van der Waals surface area contributed by atoms with Gasteiger partial charge >= 0.3 is 0 Å². The second-order valence-electron chi connectivity index (χ2n) is 6.31. The maximum atomic E-state index is 12.9. The lowest BCUT2D eigenvalue weighted by Crippen LogP contribution is -2.48. The van der Waals surface area contributed by atoms with Gasteiger partial charge in [-0.05, 0) is 43.3 Å². The van der Waals surface area contributed by atoms with Crippen LogP contribution in [-0.4, -0.2) is 41.2 Å². The number of hydrazine groups is 1. The number of rotatable bonds is 6. The lowest BCUT2D eigenvalue weighted by molar-refractivity contribution is -0.132. The second-order valence-corrected chi connectivity index (χ2v) is 6.31. The van der Waals surface area contributed by atoms with Crippen LogP contribution in [0, 0.1) is 5.82 Å². The van der Waals surface area contributed by atoms with Crippen molar-refractivity contribution in [3.8, 4) is 5.75 Å². The molecule has 2 N–H and O–H groups in total. The molecule has 0 aromatic heterocycles. The van der Waals surface area contributed by atoms with E-state index < -0.39 is 35.5 Å². The Bertz CT molecular complexity index is 926. The highest BCUT2D eigenvalue weighted by Crippen LogP contribution is 2.22. The van der Waals surface area contributed by atoms with Gasteiger partial charge in [-0.3, -0.25) is 34.9 Å². The molecule has 4 amide bonds. The summed E-state index contributed by atoms with van der Waals surface area (Å²) in [6, 6.07) is 11.6. The topological polar surface area (TPSA) is 105 Å². The van der Waals surface area contributed by atoms with E-state index in [1.165, 1.54) is 31.2 Å². The van der Waals surface area contributed by atoms with Gasteiger partial charge in [0, 0.05) is 13.0 Å². The first-order valence-corrected chi connectivity index (χ1v) is 8.83. The molecule has 0 saturated heterocycles. The zero-order valence-electron chi connectivity index (χ0n) is 15.5. The average Bonchev–Trinajstić information content (AvgIpc) is 2.96. The van der Waals surface area contributed by atoms with Crippen LogP contribution in [0.4, 0.5) is 4.39 Å². The molecule has 1 atom stereocenters. The Hall–Kier alpha value is -3.75. The van der Waals surface area contributed by atoms with E-state index >= 15 is 0 Å². The van der Waals surface area contributed by atoms with E-state index in [-0.39, 0.29) is 13.0 Å². The molecule has 1 aliphatic heterocycles. The molecule has 0 spiro atoms. The van der Waals surface area contributed by atoms with Crippen molar-refractivity contribution in [1.82, 2.24) is 15.8 Å². The van der Waals surface area contributed by atoms with Crippen LogP contribution in [0.5, 0.6) is 5.75 Å². The number of imide groups is 1. The first-order valence-electron chi connectivity index (χ1n) is 8.83. The number of amides is 4. The molecule has 150 valence electrons. The maximum Gasteiger partial charge on any atom is 0.279 e. The lowest BCUT2D eigenvalue weighted by atomic mass is 10.1.